The summed E-state index contributed by atoms with van der Waals surface area (Å²) in [6, 6.07) is 0. The second-order valence-corrected chi connectivity index (χ2v) is 3.48. The molecule has 0 aliphatic carbocycles. The van der Waals surface area contributed by atoms with Gasteiger partial charge in [-0.05, 0) is 0 Å². The predicted molar refractivity (Wildman–Crippen MR) is 46.2 cm³/mol. The summed E-state index contributed by atoms with van der Waals surface area (Å²) in [6.45, 7) is 5.15. The highest BCUT2D eigenvalue weighted by Gasteiger charge is 2.37. The molecule has 4 heteroatoms. The van der Waals surface area contributed by atoms with Crippen LogP contribution in [0, 0.1) is 11.8 Å². The highest BCUT2D eigenvalue weighted by atomic mass is 16.9. The highest BCUT2D eigenvalue weighted by Crippen LogP contribution is 2.27. The molecule has 1 aliphatic rings. The first-order chi connectivity index (χ1) is 5.69. The average molecular weight is 174 g/mol. The Bertz CT molecular complexity index is 131. The van der Waals surface area contributed by atoms with Crippen molar-refractivity contribution in [2.24, 2.45) is 23.3 Å². The molecule has 0 radical (unpaired) electrons. The van der Waals surface area contributed by atoms with Crippen LogP contribution in [0.2, 0.25) is 0 Å². The molecule has 1 fully saturated rings. The van der Waals surface area contributed by atoms with Crippen LogP contribution >= 0.6 is 0 Å². The van der Waals surface area contributed by atoms with E-state index >= 15 is 0 Å². The van der Waals surface area contributed by atoms with Crippen LogP contribution in [-0.2, 0) is 9.47 Å². The topological polar surface area (TPSA) is 70.5 Å². The zero-order chi connectivity index (χ0) is 9.14. The maximum absolute atomic E-state index is 5.48. The van der Waals surface area contributed by atoms with Gasteiger partial charge in [-0.25, -0.2) is 0 Å². The van der Waals surface area contributed by atoms with Crippen molar-refractivity contribution in [3.05, 3.63) is 0 Å². The lowest BCUT2D eigenvalue weighted by atomic mass is 10.1. The molecule has 12 heavy (non-hydrogen) atoms. The molecule has 0 amide bonds. The summed E-state index contributed by atoms with van der Waals surface area (Å²) in [4.78, 5) is 0. The molecular formula is C8H18N2O2. The van der Waals surface area contributed by atoms with Crippen molar-refractivity contribution in [1.29, 1.82) is 0 Å². The van der Waals surface area contributed by atoms with Crippen LogP contribution in [0.1, 0.15) is 13.8 Å². The summed E-state index contributed by atoms with van der Waals surface area (Å²) in [6.07, 6.45) is -0.233. The molecule has 4 N–H and O–H groups in total. The molecule has 0 aromatic heterocycles. The zero-order valence-corrected chi connectivity index (χ0v) is 7.69. The second-order valence-electron chi connectivity index (χ2n) is 3.48. The predicted octanol–water partition coefficient (Wildman–Crippen LogP) is -0.125. The second kappa shape index (κ2) is 4.18. The number of rotatable bonds is 4. The Kier molecular flexibility index (Phi) is 3.46. The van der Waals surface area contributed by atoms with E-state index in [-0.39, 0.29) is 18.5 Å². The lowest BCUT2D eigenvalue weighted by molar-refractivity contribution is -0.409. The van der Waals surface area contributed by atoms with Crippen LogP contribution in [0.5, 0.6) is 0 Å². The molecule has 0 unspecified atom stereocenters. The Morgan fingerprint density at radius 3 is 1.92 bits per heavy atom. The number of nitrogens with two attached hydrogens (primary N) is 2. The lowest BCUT2D eigenvalue weighted by Crippen LogP contribution is -2.51. The minimum absolute atomic E-state index is 0.0596. The quantitative estimate of drug-likeness (QED) is 0.623. The Hall–Kier alpha value is -0.160. The van der Waals surface area contributed by atoms with Gasteiger partial charge in [-0.2, -0.15) is 0 Å². The molecule has 72 valence electrons. The summed E-state index contributed by atoms with van der Waals surface area (Å²) in [5.74, 6) is 0.539. The first-order valence-electron chi connectivity index (χ1n) is 4.40. The van der Waals surface area contributed by atoms with E-state index in [1.807, 2.05) is 0 Å². The lowest BCUT2D eigenvalue weighted by Gasteiger charge is -2.41. The summed E-state index contributed by atoms with van der Waals surface area (Å²) in [5.41, 5.74) is 11.0. The van der Waals surface area contributed by atoms with Crippen LogP contribution in [0.4, 0.5) is 0 Å². The number of hydrogen-bond acceptors (Lipinski definition) is 4. The number of ether oxygens (including phenoxy) is 2. The Morgan fingerprint density at radius 2 is 1.58 bits per heavy atom. The fraction of sp³-hybridized carbons (Fsp3) is 1.00. The summed E-state index contributed by atoms with van der Waals surface area (Å²) in [5, 5.41) is 0. The Labute approximate surface area is 73.2 Å². The van der Waals surface area contributed by atoms with Crippen molar-refractivity contribution < 1.29 is 9.47 Å². The molecule has 0 bridgehead atoms. The van der Waals surface area contributed by atoms with Crippen molar-refractivity contribution in [2.45, 2.75) is 26.4 Å². The van der Waals surface area contributed by atoms with E-state index in [4.69, 9.17) is 20.9 Å². The fourth-order valence-corrected chi connectivity index (χ4v) is 1.13. The first kappa shape index (κ1) is 9.92. The minimum atomic E-state index is -0.174. The van der Waals surface area contributed by atoms with Crippen LogP contribution in [0.15, 0.2) is 0 Å². The standard InChI is InChI=1S/C8H18N2O2/c1-5(2)7-11-8(12-7)6(3-9)4-10/h5-8H,3-4,9-10H2,1-2H3. The first-order valence-corrected chi connectivity index (χ1v) is 4.40. The van der Waals surface area contributed by atoms with Gasteiger partial charge >= 0.3 is 0 Å². The van der Waals surface area contributed by atoms with Gasteiger partial charge in [-0.1, -0.05) is 13.8 Å². The van der Waals surface area contributed by atoms with Gasteiger partial charge < -0.3 is 20.9 Å². The van der Waals surface area contributed by atoms with Crippen LogP contribution in [-0.4, -0.2) is 25.7 Å². The van der Waals surface area contributed by atoms with Gasteiger partial charge in [0.1, 0.15) is 0 Å². The molecule has 0 aromatic rings. The zero-order valence-electron chi connectivity index (χ0n) is 7.69. The normalized spacial score (nSPS) is 29.5. The van der Waals surface area contributed by atoms with Crippen LogP contribution in [0.3, 0.4) is 0 Å². The molecule has 0 saturated carbocycles. The van der Waals surface area contributed by atoms with Crippen molar-refractivity contribution in [3.8, 4) is 0 Å². The summed E-state index contributed by atoms with van der Waals surface area (Å²) in [7, 11) is 0. The molecule has 0 atom stereocenters. The van der Waals surface area contributed by atoms with Gasteiger partial charge in [0.15, 0.2) is 12.6 Å². The van der Waals surface area contributed by atoms with Gasteiger partial charge in [-0.15, -0.1) is 0 Å². The Morgan fingerprint density at radius 1 is 1.08 bits per heavy atom. The van der Waals surface area contributed by atoms with Gasteiger partial charge in [0.25, 0.3) is 0 Å². The third-order valence-electron chi connectivity index (χ3n) is 2.07. The van der Waals surface area contributed by atoms with E-state index in [0.717, 1.165) is 0 Å². The third kappa shape index (κ3) is 1.95. The van der Waals surface area contributed by atoms with Crippen molar-refractivity contribution >= 4 is 0 Å². The summed E-state index contributed by atoms with van der Waals surface area (Å²) < 4.78 is 10.9. The smallest absolute Gasteiger partial charge is 0.169 e. The van der Waals surface area contributed by atoms with Crippen molar-refractivity contribution in [2.75, 3.05) is 13.1 Å². The number of hydrogen-bond donors (Lipinski definition) is 2. The molecule has 1 aliphatic heterocycles. The van der Waals surface area contributed by atoms with E-state index in [9.17, 15) is 0 Å². The van der Waals surface area contributed by atoms with Gasteiger partial charge in [-0.3, -0.25) is 0 Å². The molecule has 0 aromatic carbocycles. The van der Waals surface area contributed by atoms with Crippen molar-refractivity contribution in [3.63, 3.8) is 0 Å². The van der Waals surface area contributed by atoms with Gasteiger partial charge in [0.2, 0.25) is 0 Å². The Balaban J connectivity index is 2.23. The average Bonchev–Trinajstić information content (AvgIpc) is 1.94. The molecule has 1 heterocycles. The van der Waals surface area contributed by atoms with Crippen molar-refractivity contribution in [1.82, 2.24) is 0 Å². The van der Waals surface area contributed by atoms with Crippen LogP contribution < -0.4 is 11.5 Å². The van der Waals surface area contributed by atoms with E-state index in [1.54, 1.807) is 0 Å². The van der Waals surface area contributed by atoms with E-state index in [0.29, 0.717) is 19.0 Å². The molecular weight excluding hydrogens is 156 g/mol. The maximum atomic E-state index is 5.48. The minimum Gasteiger partial charge on any atom is -0.330 e. The molecule has 0 spiro atoms. The van der Waals surface area contributed by atoms with Crippen LogP contribution in [0.25, 0.3) is 0 Å². The largest absolute Gasteiger partial charge is 0.330 e. The fourth-order valence-electron chi connectivity index (χ4n) is 1.13. The molecule has 1 rings (SSSR count). The molecule has 4 nitrogen and oxygen atoms in total. The summed E-state index contributed by atoms with van der Waals surface area (Å²) >= 11 is 0. The van der Waals surface area contributed by atoms with Gasteiger partial charge in [0, 0.05) is 24.9 Å². The highest BCUT2D eigenvalue weighted by molar-refractivity contribution is 4.72. The SMILES string of the molecule is CC(C)C1OC(C(CN)CN)O1. The van der Waals surface area contributed by atoms with E-state index in [2.05, 4.69) is 13.8 Å². The van der Waals surface area contributed by atoms with Gasteiger partial charge in [0.05, 0.1) is 0 Å². The monoisotopic (exact) mass is 174 g/mol. The third-order valence-corrected chi connectivity index (χ3v) is 2.07. The maximum Gasteiger partial charge on any atom is 0.169 e. The van der Waals surface area contributed by atoms with E-state index in [1.165, 1.54) is 0 Å². The molecule has 1 saturated heterocycles. The van der Waals surface area contributed by atoms with E-state index < -0.39 is 0 Å².